The van der Waals surface area contributed by atoms with Gasteiger partial charge < -0.3 is 5.32 Å². The van der Waals surface area contributed by atoms with E-state index in [9.17, 15) is 9.18 Å². The minimum absolute atomic E-state index is 0.000167. The summed E-state index contributed by atoms with van der Waals surface area (Å²) in [6.45, 7) is 6.76. The predicted molar refractivity (Wildman–Crippen MR) is 103 cm³/mol. The largest absolute Gasteiger partial charge is 0.346 e. The summed E-state index contributed by atoms with van der Waals surface area (Å²) in [4.78, 5) is 16.2. The Morgan fingerprint density at radius 2 is 1.92 bits per heavy atom. The molecule has 0 spiro atoms. The number of carbonyl (C=O) groups is 1. The van der Waals surface area contributed by atoms with Crippen LogP contribution in [0.4, 0.5) is 4.39 Å². The molecule has 6 rings (SSSR count). The van der Waals surface area contributed by atoms with E-state index in [4.69, 9.17) is 0 Å². The molecule has 2 aromatic rings. The fourth-order valence-corrected chi connectivity index (χ4v) is 6.18. The number of hydrogen-bond acceptors (Lipinski definition) is 3. The van der Waals surface area contributed by atoms with Crippen LogP contribution in [-0.4, -0.2) is 35.5 Å². The monoisotopic (exact) mass is 372 g/mol. The molecule has 1 N–H and O–H groups in total. The summed E-state index contributed by atoms with van der Waals surface area (Å²) >= 11 is 1.53. The highest BCUT2D eigenvalue weighted by Gasteiger charge is 2.48. The average molecular weight is 373 g/mol. The molecule has 0 radical (unpaired) electrons. The molecule has 1 amide bonds. The molecule has 4 heterocycles. The quantitative estimate of drug-likeness (QED) is 0.859. The van der Waals surface area contributed by atoms with Gasteiger partial charge in [0.1, 0.15) is 5.82 Å². The molecule has 1 atom stereocenters. The van der Waals surface area contributed by atoms with E-state index in [2.05, 4.69) is 24.1 Å². The first-order valence-corrected chi connectivity index (χ1v) is 10.5. The average Bonchev–Trinajstić information content (AvgIpc) is 3.36. The van der Waals surface area contributed by atoms with Crippen LogP contribution in [0.5, 0.6) is 0 Å². The van der Waals surface area contributed by atoms with Crippen molar-refractivity contribution in [2.75, 3.05) is 13.1 Å². The number of fused-ring (bicyclic) bond motifs is 4. The second-order valence-electron chi connectivity index (χ2n) is 8.73. The highest BCUT2D eigenvalue weighted by Crippen LogP contribution is 2.45. The number of thiophene rings is 1. The lowest BCUT2D eigenvalue weighted by Gasteiger charge is -2.56. The lowest BCUT2D eigenvalue weighted by atomic mass is 9.72. The molecule has 4 aliphatic rings. The zero-order valence-corrected chi connectivity index (χ0v) is 16.2. The molecular formula is C21H25FN2OS. The molecule has 2 bridgehead atoms. The normalized spacial score (nSPS) is 29.9. The van der Waals surface area contributed by atoms with Crippen LogP contribution < -0.4 is 5.32 Å². The van der Waals surface area contributed by atoms with Gasteiger partial charge in [-0.15, -0.1) is 11.3 Å². The van der Waals surface area contributed by atoms with Crippen molar-refractivity contribution in [2.45, 2.75) is 57.0 Å². The second-order valence-corrected chi connectivity index (χ2v) is 9.78. The summed E-state index contributed by atoms with van der Waals surface area (Å²) in [6, 6.07) is 5.28. The number of nitrogens with one attached hydrogen (secondary N) is 1. The molecule has 4 fully saturated rings. The van der Waals surface area contributed by atoms with Gasteiger partial charge in [-0.3, -0.25) is 9.69 Å². The zero-order valence-electron chi connectivity index (χ0n) is 15.3. The number of rotatable bonds is 3. The predicted octanol–water partition coefficient (Wildman–Crippen LogP) is 4.52. The summed E-state index contributed by atoms with van der Waals surface area (Å²) in [7, 11) is 0. The SMILES string of the molecule is CC1(C)[C@H](NC(=O)c2cc3cc(F)cc(C4CC4)c3s2)C2CCN1CC2. The third-order valence-electron chi connectivity index (χ3n) is 6.72. The van der Waals surface area contributed by atoms with Gasteiger partial charge in [0.25, 0.3) is 5.91 Å². The summed E-state index contributed by atoms with van der Waals surface area (Å²) in [5, 5.41) is 4.20. The van der Waals surface area contributed by atoms with E-state index in [1.165, 1.54) is 11.3 Å². The molecule has 1 aliphatic carbocycles. The number of halogens is 1. The molecule has 5 heteroatoms. The Kier molecular flexibility index (Phi) is 3.70. The first-order chi connectivity index (χ1) is 12.4. The van der Waals surface area contributed by atoms with Gasteiger partial charge in [-0.25, -0.2) is 4.39 Å². The fraction of sp³-hybridized carbons (Fsp3) is 0.571. The van der Waals surface area contributed by atoms with Crippen LogP contribution in [0, 0.1) is 11.7 Å². The van der Waals surface area contributed by atoms with Crippen molar-refractivity contribution in [3.05, 3.63) is 34.5 Å². The maximum absolute atomic E-state index is 14.0. The zero-order chi connectivity index (χ0) is 18.1. The Bertz CT molecular complexity index is 878. The van der Waals surface area contributed by atoms with Gasteiger partial charge >= 0.3 is 0 Å². The highest BCUT2D eigenvalue weighted by molar-refractivity contribution is 7.21. The van der Waals surface area contributed by atoms with E-state index >= 15 is 0 Å². The van der Waals surface area contributed by atoms with Crippen molar-refractivity contribution >= 4 is 27.3 Å². The first kappa shape index (κ1) is 16.7. The molecule has 1 aromatic carbocycles. The first-order valence-electron chi connectivity index (χ1n) is 9.72. The van der Waals surface area contributed by atoms with E-state index in [0.29, 0.717) is 16.7 Å². The molecule has 1 saturated carbocycles. The third-order valence-corrected chi connectivity index (χ3v) is 7.92. The number of hydrogen-bond donors (Lipinski definition) is 1. The van der Waals surface area contributed by atoms with Crippen LogP contribution in [0.25, 0.3) is 10.1 Å². The van der Waals surface area contributed by atoms with Gasteiger partial charge in [0.2, 0.25) is 0 Å². The fourth-order valence-electron chi connectivity index (χ4n) is 5.04. The van der Waals surface area contributed by atoms with Crippen LogP contribution >= 0.6 is 11.3 Å². The molecule has 26 heavy (non-hydrogen) atoms. The van der Waals surface area contributed by atoms with Gasteiger partial charge in [-0.2, -0.15) is 0 Å². The summed E-state index contributed by atoms with van der Waals surface area (Å²) < 4.78 is 15.1. The van der Waals surface area contributed by atoms with Crippen molar-refractivity contribution in [1.82, 2.24) is 10.2 Å². The highest BCUT2D eigenvalue weighted by atomic mass is 32.1. The Labute approximate surface area is 157 Å². The van der Waals surface area contributed by atoms with Crippen molar-refractivity contribution in [3.63, 3.8) is 0 Å². The number of carbonyl (C=O) groups excluding carboxylic acids is 1. The van der Waals surface area contributed by atoms with Crippen molar-refractivity contribution < 1.29 is 9.18 Å². The van der Waals surface area contributed by atoms with E-state index in [1.54, 1.807) is 12.1 Å². The van der Waals surface area contributed by atoms with E-state index in [0.717, 1.165) is 54.4 Å². The lowest BCUT2D eigenvalue weighted by Crippen LogP contribution is -2.69. The summed E-state index contributed by atoms with van der Waals surface area (Å²) in [5.41, 5.74) is 1.09. The smallest absolute Gasteiger partial charge is 0.261 e. The third kappa shape index (κ3) is 2.59. The van der Waals surface area contributed by atoms with Crippen LogP contribution in [0.3, 0.4) is 0 Å². The number of nitrogens with zero attached hydrogens (tertiary/aromatic N) is 1. The van der Waals surface area contributed by atoms with Crippen molar-refractivity contribution in [2.24, 2.45) is 5.92 Å². The van der Waals surface area contributed by atoms with E-state index < -0.39 is 0 Å². The Morgan fingerprint density at radius 1 is 1.19 bits per heavy atom. The van der Waals surface area contributed by atoms with Crippen molar-refractivity contribution in [1.29, 1.82) is 0 Å². The molecule has 3 saturated heterocycles. The number of benzene rings is 1. The molecule has 3 nitrogen and oxygen atoms in total. The van der Waals surface area contributed by atoms with Gasteiger partial charge in [-0.1, -0.05) is 0 Å². The topological polar surface area (TPSA) is 32.3 Å². The maximum Gasteiger partial charge on any atom is 0.261 e. The molecule has 3 aliphatic heterocycles. The Morgan fingerprint density at radius 3 is 2.58 bits per heavy atom. The van der Waals surface area contributed by atoms with Crippen molar-refractivity contribution in [3.8, 4) is 0 Å². The summed E-state index contributed by atoms with van der Waals surface area (Å²) in [5.74, 6) is 0.847. The minimum Gasteiger partial charge on any atom is -0.346 e. The maximum atomic E-state index is 14.0. The number of piperidine rings is 3. The van der Waals surface area contributed by atoms with E-state index in [-0.39, 0.29) is 23.3 Å². The standard InChI is InChI=1S/C21H25FN2OS/c1-21(2)19(13-5-7-24(21)8-6-13)23-20(25)17-10-14-9-15(22)11-16(12-3-4-12)18(14)26-17/h9-13,19H,3-8H2,1-2H3,(H,23,25)/t19-/m1/s1. The molecule has 1 aromatic heterocycles. The molecule has 138 valence electrons. The van der Waals surface area contributed by atoms with Crippen LogP contribution in [0.2, 0.25) is 0 Å². The molecule has 0 unspecified atom stereocenters. The van der Waals surface area contributed by atoms with Crippen LogP contribution in [0.1, 0.15) is 60.7 Å². The Hall–Kier alpha value is -1.46. The Balaban J connectivity index is 1.45. The number of amides is 1. The second kappa shape index (κ2) is 5.77. The van der Waals surface area contributed by atoms with Gasteiger partial charge in [0.05, 0.1) is 4.88 Å². The van der Waals surface area contributed by atoms with E-state index in [1.807, 2.05) is 6.07 Å². The lowest BCUT2D eigenvalue weighted by molar-refractivity contribution is -0.0377. The molecular weight excluding hydrogens is 347 g/mol. The van der Waals surface area contributed by atoms with Gasteiger partial charge in [-0.05, 0) is 93.6 Å². The van der Waals surface area contributed by atoms with Crippen LogP contribution in [0.15, 0.2) is 18.2 Å². The summed E-state index contributed by atoms with van der Waals surface area (Å²) in [6.07, 6.45) is 4.59. The minimum atomic E-state index is -0.192. The van der Waals surface area contributed by atoms with Gasteiger partial charge in [0.15, 0.2) is 0 Å². The van der Waals surface area contributed by atoms with Crippen LogP contribution in [-0.2, 0) is 0 Å². The van der Waals surface area contributed by atoms with Gasteiger partial charge in [0, 0.05) is 16.3 Å².